The van der Waals surface area contributed by atoms with Gasteiger partial charge in [-0.1, -0.05) is 13.8 Å². The number of piperidine rings is 1. The Balaban J connectivity index is 0.00000220. The van der Waals surface area contributed by atoms with Crippen LogP contribution in [-0.2, 0) is 4.79 Å². The van der Waals surface area contributed by atoms with Crippen LogP contribution in [-0.4, -0.2) is 35.4 Å². The van der Waals surface area contributed by atoms with Crippen molar-refractivity contribution < 1.29 is 4.79 Å². The molecule has 22 heavy (non-hydrogen) atoms. The zero-order valence-electron chi connectivity index (χ0n) is 13.3. The molecular formula is C15H27Cl2N3OS. The van der Waals surface area contributed by atoms with Gasteiger partial charge in [0.1, 0.15) is 0 Å². The molecule has 0 aliphatic carbocycles. The van der Waals surface area contributed by atoms with Crippen LogP contribution < -0.4 is 5.73 Å². The summed E-state index contributed by atoms with van der Waals surface area (Å²) >= 11 is 1.69. The van der Waals surface area contributed by atoms with Crippen LogP contribution in [0.4, 0.5) is 0 Å². The molecule has 1 aliphatic rings. The number of nitrogens with zero attached hydrogens (tertiary/aromatic N) is 2. The second kappa shape index (κ2) is 9.71. The van der Waals surface area contributed by atoms with E-state index in [0.717, 1.165) is 43.8 Å². The molecule has 1 aliphatic heterocycles. The van der Waals surface area contributed by atoms with E-state index < -0.39 is 0 Å². The summed E-state index contributed by atoms with van der Waals surface area (Å²) in [5.41, 5.74) is 5.54. The van der Waals surface area contributed by atoms with E-state index in [-0.39, 0.29) is 36.1 Å². The van der Waals surface area contributed by atoms with Gasteiger partial charge in [-0.3, -0.25) is 4.79 Å². The number of nitrogens with two attached hydrogens (primary N) is 1. The molecule has 1 amide bonds. The predicted octanol–water partition coefficient (Wildman–Crippen LogP) is 3.46. The number of thiazole rings is 1. The Hall–Kier alpha value is -0.360. The highest BCUT2D eigenvalue weighted by atomic mass is 35.5. The number of carbonyl (C=O) groups is 1. The molecule has 1 unspecified atom stereocenters. The van der Waals surface area contributed by atoms with E-state index in [4.69, 9.17) is 5.73 Å². The van der Waals surface area contributed by atoms with Gasteiger partial charge in [0, 0.05) is 37.1 Å². The average Bonchev–Trinajstić information content (AvgIpc) is 3.04. The van der Waals surface area contributed by atoms with Crippen molar-refractivity contribution in [2.45, 2.75) is 45.4 Å². The maximum absolute atomic E-state index is 12.9. The second-order valence-electron chi connectivity index (χ2n) is 5.65. The van der Waals surface area contributed by atoms with E-state index in [1.165, 1.54) is 0 Å². The van der Waals surface area contributed by atoms with Crippen LogP contribution in [0.5, 0.6) is 0 Å². The minimum atomic E-state index is -0.370. The first-order valence-corrected chi connectivity index (χ1v) is 8.43. The van der Waals surface area contributed by atoms with Crippen LogP contribution >= 0.6 is 36.2 Å². The van der Waals surface area contributed by atoms with Crippen molar-refractivity contribution in [1.82, 2.24) is 9.88 Å². The highest BCUT2D eigenvalue weighted by molar-refractivity contribution is 7.09. The molecule has 0 saturated carbocycles. The molecule has 1 aromatic heterocycles. The molecule has 1 aromatic rings. The van der Waals surface area contributed by atoms with Gasteiger partial charge in [0.2, 0.25) is 5.91 Å². The third-order valence-corrected chi connectivity index (χ3v) is 5.65. The topological polar surface area (TPSA) is 59.2 Å². The first kappa shape index (κ1) is 21.6. The van der Waals surface area contributed by atoms with Crippen molar-refractivity contribution in [3.8, 4) is 0 Å². The Morgan fingerprint density at radius 3 is 2.64 bits per heavy atom. The van der Waals surface area contributed by atoms with Gasteiger partial charge in [-0.05, 0) is 25.7 Å². The Morgan fingerprint density at radius 2 is 2.14 bits per heavy atom. The zero-order chi connectivity index (χ0) is 14.6. The summed E-state index contributed by atoms with van der Waals surface area (Å²) in [6.45, 7) is 6.24. The summed E-state index contributed by atoms with van der Waals surface area (Å²) in [6, 6.07) is 0. The molecule has 0 radical (unpaired) electrons. The Morgan fingerprint density at radius 1 is 1.45 bits per heavy atom. The van der Waals surface area contributed by atoms with E-state index in [9.17, 15) is 4.79 Å². The summed E-state index contributed by atoms with van der Waals surface area (Å²) < 4.78 is 0. The van der Waals surface area contributed by atoms with Gasteiger partial charge in [0.05, 0.1) is 10.4 Å². The lowest BCUT2D eigenvalue weighted by atomic mass is 9.80. The largest absolute Gasteiger partial charge is 0.341 e. The van der Waals surface area contributed by atoms with Crippen molar-refractivity contribution in [2.75, 3.05) is 19.6 Å². The molecule has 2 heterocycles. The van der Waals surface area contributed by atoms with Crippen molar-refractivity contribution in [2.24, 2.45) is 11.1 Å². The van der Waals surface area contributed by atoms with Gasteiger partial charge in [-0.15, -0.1) is 36.2 Å². The Kier molecular flexibility index (Phi) is 9.55. The molecule has 2 N–H and O–H groups in total. The average molecular weight is 368 g/mol. The molecule has 1 fully saturated rings. The maximum Gasteiger partial charge on any atom is 0.230 e. The van der Waals surface area contributed by atoms with Crippen molar-refractivity contribution >= 4 is 42.1 Å². The molecule has 7 heteroatoms. The molecular weight excluding hydrogens is 341 g/mol. The van der Waals surface area contributed by atoms with Crippen LogP contribution in [0.3, 0.4) is 0 Å². The number of rotatable bonds is 5. The molecule has 128 valence electrons. The van der Waals surface area contributed by atoms with Gasteiger partial charge < -0.3 is 10.6 Å². The Labute approximate surface area is 149 Å². The van der Waals surface area contributed by atoms with Crippen molar-refractivity contribution in [1.29, 1.82) is 0 Å². The Bertz CT molecular complexity index is 430. The van der Waals surface area contributed by atoms with Crippen molar-refractivity contribution in [3.63, 3.8) is 0 Å². The fraction of sp³-hybridized carbons (Fsp3) is 0.733. The maximum atomic E-state index is 12.9. The molecule has 0 bridgehead atoms. The molecule has 2 rings (SSSR count). The molecule has 0 spiro atoms. The van der Waals surface area contributed by atoms with Gasteiger partial charge in [-0.25, -0.2) is 4.98 Å². The third kappa shape index (κ3) is 4.34. The van der Waals surface area contributed by atoms with Crippen molar-refractivity contribution in [3.05, 3.63) is 16.6 Å². The fourth-order valence-corrected chi connectivity index (χ4v) is 3.83. The van der Waals surface area contributed by atoms with Crippen LogP contribution in [0.2, 0.25) is 0 Å². The van der Waals surface area contributed by atoms with Crippen LogP contribution in [0.15, 0.2) is 11.6 Å². The highest BCUT2D eigenvalue weighted by Gasteiger charge is 2.38. The van der Waals surface area contributed by atoms with E-state index in [1.54, 1.807) is 11.3 Å². The lowest BCUT2D eigenvalue weighted by Crippen LogP contribution is -2.50. The van der Waals surface area contributed by atoms with E-state index >= 15 is 0 Å². The number of aromatic nitrogens is 1. The first-order chi connectivity index (χ1) is 9.66. The van der Waals surface area contributed by atoms with Gasteiger partial charge >= 0.3 is 0 Å². The minimum Gasteiger partial charge on any atom is -0.341 e. The van der Waals surface area contributed by atoms with E-state index in [1.807, 2.05) is 16.5 Å². The number of hydrogen-bond donors (Lipinski definition) is 1. The standard InChI is InChI=1S/C15H25N3OS.2ClH/c1-3-15(4-2,11-16)14(19)18-8-5-6-12(10-18)13-17-7-9-20-13;;/h7,9,12H,3-6,8,10-11,16H2,1-2H3;2*1H. The van der Waals surface area contributed by atoms with Gasteiger partial charge in [0.25, 0.3) is 0 Å². The molecule has 1 atom stereocenters. The number of hydrogen-bond acceptors (Lipinski definition) is 4. The van der Waals surface area contributed by atoms with E-state index in [0.29, 0.717) is 12.5 Å². The minimum absolute atomic E-state index is 0. The summed E-state index contributed by atoms with van der Waals surface area (Å²) in [5.74, 6) is 0.642. The van der Waals surface area contributed by atoms with Gasteiger partial charge in [0.15, 0.2) is 0 Å². The quantitative estimate of drug-likeness (QED) is 0.866. The predicted molar refractivity (Wildman–Crippen MR) is 97.2 cm³/mol. The van der Waals surface area contributed by atoms with Gasteiger partial charge in [-0.2, -0.15) is 0 Å². The number of carbonyl (C=O) groups excluding carboxylic acids is 1. The summed E-state index contributed by atoms with van der Waals surface area (Å²) in [5, 5.41) is 3.17. The molecule has 0 aromatic carbocycles. The molecule has 4 nitrogen and oxygen atoms in total. The zero-order valence-corrected chi connectivity index (χ0v) is 15.7. The lowest BCUT2D eigenvalue weighted by molar-refractivity contribution is -0.143. The van der Waals surface area contributed by atoms with Crippen LogP contribution in [0.25, 0.3) is 0 Å². The SMILES string of the molecule is CCC(CC)(CN)C(=O)N1CCCC(c2nccs2)C1.Cl.Cl. The smallest absolute Gasteiger partial charge is 0.230 e. The monoisotopic (exact) mass is 367 g/mol. The summed E-state index contributed by atoms with van der Waals surface area (Å²) in [7, 11) is 0. The summed E-state index contributed by atoms with van der Waals surface area (Å²) in [4.78, 5) is 19.3. The number of amides is 1. The first-order valence-electron chi connectivity index (χ1n) is 7.55. The summed E-state index contributed by atoms with van der Waals surface area (Å²) in [6.07, 6.45) is 5.67. The van der Waals surface area contributed by atoms with Crippen LogP contribution in [0, 0.1) is 5.41 Å². The fourth-order valence-electron chi connectivity index (χ4n) is 3.06. The normalized spacial score (nSPS) is 18.3. The van der Waals surface area contributed by atoms with Crippen LogP contribution in [0.1, 0.15) is 50.5 Å². The number of likely N-dealkylation sites (tertiary alicyclic amines) is 1. The number of halogens is 2. The van der Waals surface area contributed by atoms with E-state index in [2.05, 4.69) is 18.8 Å². The second-order valence-corrected chi connectivity index (χ2v) is 6.58. The third-order valence-electron chi connectivity index (χ3n) is 4.71. The lowest BCUT2D eigenvalue weighted by Gasteiger charge is -2.39. The molecule has 1 saturated heterocycles. The highest BCUT2D eigenvalue weighted by Crippen LogP contribution is 2.33.